The van der Waals surface area contributed by atoms with Crippen LogP contribution in [0.4, 0.5) is 0 Å². The van der Waals surface area contributed by atoms with Gasteiger partial charge in [-0.15, -0.1) is 11.3 Å². The van der Waals surface area contributed by atoms with E-state index in [9.17, 15) is 0 Å². The van der Waals surface area contributed by atoms with Crippen molar-refractivity contribution < 1.29 is 0 Å². The van der Waals surface area contributed by atoms with Crippen molar-refractivity contribution in [2.45, 2.75) is 25.8 Å². The first-order chi connectivity index (χ1) is 10.3. The maximum absolute atomic E-state index is 4.72. The van der Waals surface area contributed by atoms with Crippen LogP contribution in [-0.4, -0.2) is 22.4 Å². The second-order valence-electron chi connectivity index (χ2n) is 5.33. The van der Waals surface area contributed by atoms with Gasteiger partial charge >= 0.3 is 0 Å². The summed E-state index contributed by atoms with van der Waals surface area (Å²) in [6, 6.07) is 13.2. The Bertz CT molecular complexity index is 700. The van der Waals surface area contributed by atoms with Crippen LogP contribution in [0.3, 0.4) is 0 Å². The lowest BCUT2D eigenvalue weighted by Crippen LogP contribution is -2.33. The van der Waals surface area contributed by atoms with E-state index in [4.69, 9.17) is 5.10 Å². The van der Waals surface area contributed by atoms with Crippen molar-refractivity contribution in [2.75, 3.05) is 6.54 Å². The molecule has 0 radical (unpaired) electrons. The third kappa shape index (κ3) is 3.17. The van der Waals surface area contributed by atoms with Crippen LogP contribution < -0.4 is 5.32 Å². The molecule has 1 unspecified atom stereocenters. The minimum atomic E-state index is 0.437. The Labute approximate surface area is 129 Å². The zero-order chi connectivity index (χ0) is 14.7. The fraction of sp³-hybridized carbons (Fsp3) is 0.353. The summed E-state index contributed by atoms with van der Waals surface area (Å²) in [5, 5.41) is 11.7. The molecule has 2 heterocycles. The van der Waals surface area contributed by atoms with Crippen molar-refractivity contribution in [3.05, 3.63) is 52.3 Å². The molecular formula is C17H21N3S. The van der Waals surface area contributed by atoms with Crippen molar-refractivity contribution in [3.63, 3.8) is 0 Å². The van der Waals surface area contributed by atoms with Gasteiger partial charge in [0.15, 0.2) is 0 Å². The molecule has 0 aliphatic carbocycles. The van der Waals surface area contributed by atoms with E-state index in [2.05, 4.69) is 54.0 Å². The molecule has 0 aliphatic heterocycles. The summed E-state index contributed by atoms with van der Waals surface area (Å²) in [4.78, 5) is 1.43. The molecule has 21 heavy (non-hydrogen) atoms. The number of hydrogen-bond acceptors (Lipinski definition) is 3. The second-order valence-corrected chi connectivity index (χ2v) is 6.36. The van der Waals surface area contributed by atoms with Gasteiger partial charge in [0.1, 0.15) is 0 Å². The quantitative estimate of drug-likeness (QED) is 0.756. The summed E-state index contributed by atoms with van der Waals surface area (Å²) >= 11 is 1.83. The Morgan fingerprint density at radius 3 is 2.81 bits per heavy atom. The van der Waals surface area contributed by atoms with Gasteiger partial charge in [0.25, 0.3) is 0 Å². The zero-order valence-electron chi connectivity index (χ0n) is 12.5. The van der Waals surface area contributed by atoms with Gasteiger partial charge in [0.2, 0.25) is 0 Å². The molecule has 0 fully saturated rings. The molecule has 0 aliphatic rings. The van der Waals surface area contributed by atoms with Gasteiger partial charge in [-0.3, -0.25) is 4.68 Å². The topological polar surface area (TPSA) is 29.9 Å². The van der Waals surface area contributed by atoms with Gasteiger partial charge in [-0.1, -0.05) is 31.2 Å². The monoisotopic (exact) mass is 299 g/mol. The molecule has 0 spiro atoms. The van der Waals surface area contributed by atoms with Gasteiger partial charge in [0.05, 0.1) is 11.2 Å². The van der Waals surface area contributed by atoms with E-state index in [0.29, 0.717) is 6.04 Å². The van der Waals surface area contributed by atoms with E-state index >= 15 is 0 Å². The van der Waals surface area contributed by atoms with E-state index in [1.807, 2.05) is 23.1 Å². The summed E-state index contributed by atoms with van der Waals surface area (Å²) in [7, 11) is 2.02. The highest BCUT2D eigenvalue weighted by atomic mass is 32.1. The summed E-state index contributed by atoms with van der Waals surface area (Å²) in [6.45, 7) is 3.15. The van der Waals surface area contributed by atoms with Crippen LogP contribution >= 0.6 is 11.3 Å². The summed E-state index contributed by atoms with van der Waals surface area (Å²) in [6.07, 6.45) is 2.03. The fourth-order valence-corrected chi connectivity index (χ4v) is 3.64. The van der Waals surface area contributed by atoms with Crippen molar-refractivity contribution in [2.24, 2.45) is 7.05 Å². The average molecular weight is 299 g/mol. The number of nitrogens with one attached hydrogen (secondary N) is 1. The highest BCUT2D eigenvalue weighted by molar-refractivity contribution is 7.09. The van der Waals surface area contributed by atoms with E-state index in [0.717, 1.165) is 19.4 Å². The molecule has 0 bridgehead atoms. The SMILES string of the molecule is CCNC(Cc1cccs1)Cc1nn(C)c2ccccc12. The van der Waals surface area contributed by atoms with E-state index in [-0.39, 0.29) is 0 Å². The van der Waals surface area contributed by atoms with E-state index in [1.165, 1.54) is 21.5 Å². The van der Waals surface area contributed by atoms with Crippen molar-refractivity contribution in [1.82, 2.24) is 15.1 Å². The van der Waals surface area contributed by atoms with E-state index < -0.39 is 0 Å². The lowest BCUT2D eigenvalue weighted by Gasteiger charge is -2.16. The van der Waals surface area contributed by atoms with Gasteiger partial charge in [-0.25, -0.2) is 0 Å². The molecule has 0 saturated carbocycles. The molecule has 3 nitrogen and oxygen atoms in total. The van der Waals surface area contributed by atoms with Crippen LogP contribution in [0.15, 0.2) is 41.8 Å². The highest BCUT2D eigenvalue weighted by Gasteiger charge is 2.15. The molecule has 1 aromatic carbocycles. The lowest BCUT2D eigenvalue weighted by atomic mass is 10.0. The summed E-state index contributed by atoms with van der Waals surface area (Å²) in [5.74, 6) is 0. The van der Waals surface area contributed by atoms with Crippen LogP contribution in [0.5, 0.6) is 0 Å². The fourth-order valence-electron chi connectivity index (χ4n) is 2.85. The molecule has 0 saturated heterocycles. The Hall–Kier alpha value is -1.65. The number of likely N-dealkylation sites (N-methyl/N-ethyl adjacent to an activating group) is 1. The number of para-hydroxylation sites is 1. The molecule has 110 valence electrons. The molecule has 1 atom stereocenters. The Balaban J connectivity index is 1.84. The molecule has 3 aromatic rings. The predicted molar refractivity (Wildman–Crippen MR) is 89.9 cm³/mol. The van der Waals surface area contributed by atoms with Crippen LogP contribution in [0.1, 0.15) is 17.5 Å². The number of fused-ring (bicyclic) bond motifs is 1. The molecule has 1 N–H and O–H groups in total. The minimum Gasteiger partial charge on any atom is -0.314 e. The second kappa shape index (κ2) is 6.41. The minimum absolute atomic E-state index is 0.437. The molecule has 3 rings (SSSR count). The van der Waals surface area contributed by atoms with Crippen molar-refractivity contribution >= 4 is 22.2 Å². The molecular weight excluding hydrogens is 278 g/mol. The molecule has 2 aromatic heterocycles. The van der Waals surface area contributed by atoms with Crippen LogP contribution in [0, 0.1) is 0 Å². The van der Waals surface area contributed by atoms with E-state index in [1.54, 1.807) is 0 Å². The number of rotatable bonds is 6. The van der Waals surface area contributed by atoms with Gasteiger partial charge in [0, 0.05) is 29.8 Å². The first kappa shape index (κ1) is 14.3. The highest BCUT2D eigenvalue weighted by Crippen LogP contribution is 2.20. The zero-order valence-corrected chi connectivity index (χ0v) is 13.4. The third-order valence-corrected chi connectivity index (χ3v) is 4.69. The summed E-state index contributed by atoms with van der Waals surface area (Å²) < 4.78 is 1.98. The van der Waals surface area contributed by atoms with Crippen LogP contribution in [0.2, 0.25) is 0 Å². The van der Waals surface area contributed by atoms with Gasteiger partial charge < -0.3 is 5.32 Å². The average Bonchev–Trinajstić information content (AvgIpc) is 3.09. The molecule has 0 amide bonds. The van der Waals surface area contributed by atoms with Crippen LogP contribution in [0.25, 0.3) is 10.9 Å². The van der Waals surface area contributed by atoms with Crippen molar-refractivity contribution in [3.8, 4) is 0 Å². The number of benzene rings is 1. The number of aromatic nitrogens is 2. The first-order valence-corrected chi connectivity index (χ1v) is 8.32. The Morgan fingerprint density at radius 2 is 2.05 bits per heavy atom. The Morgan fingerprint density at radius 1 is 1.19 bits per heavy atom. The maximum atomic E-state index is 4.72. The maximum Gasteiger partial charge on any atom is 0.0718 e. The number of aryl methyl sites for hydroxylation is 1. The van der Waals surface area contributed by atoms with Crippen molar-refractivity contribution in [1.29, 1.82) is 0 Å². The van der Waals surface area contributed by atoms with Crippen LogP contribution in [-0.2, 0) is 19.9 Å². The number of nitrogens with zero attached hydrogens (tertiary/aromatic N) is 2. The third-order valence-electron chi connectivity index (χ3n) is 3.79. The lowest BCUT2D eigenvalue weighted by molar-refractivity contribution is 0.517. The van der Waals surface area contributed by atoms with Gasteiger partial charge in [-0.2, -0.15) is 5.10 Å². The first-order valence-electron chi connectivity index (χ1n) is 7.44. The smallest absolute Gasteiger partial charge is 0.0718 e. The number of hydrogen-bond donors (Lipinski definition) is 1. The predicted octanol–water partition coefficient (Wildman–Crippen LogP) is 3.40. The normalized spacial score (nSPS) is 12.9. The Kier molecular flexibility index (Phi) is 4.36. The van der Waals surface area contributed by atoms with Gasteiger partial charge in [-0.05, 0) is 30.5 Å². The standard InChI is InChI=1S/C17H21N3S/c1-3-18-13(11-14-7-6-10-21-14)12-16-15-8-4-5-9-17(15)20(2)19-16/h4-10,13,18H,3,11-12H2,1-2H3. The largest absolute Gasteiger partial charge is 0.314 e. The molecule has 4 heteroatoms. The summed E-state index contributed by atoms with van der Waals surface area (Å²) in [5.41, 5.74) is 2.40. The number of thiophene rings is 1.